The molecule has 0 bridgehead atoms. The van der Waals surface area contributed by atoms with Gasteiger partial charge in [0.15, 0.2) is 0 Å². The Morgan fingerprint density at radius 1 is 1.32 bits per heavy atom. The van der Waals surface area contributed by atoms with Crippen LogP contribution < -0.4 is 10.9 Å². The summed E-state index contributed by atoms with van der Waals surface area (Å²) in [7, 11) is 0. The number of carbonyl (C=O) groups excluding carboxylic acids is 1. The van der Waals surface area contributed by atoms with Gasteiger partial charge in [0.05, 0.1) is 0 Å². The van der Waals surface area contributed by atoms with Crippen molar-refractivity contribution in [1.29, 1.82) is 0 Å². The maximum Gasteiger partial charge on any atom is 0.263 e. The van der Waals surface area contributed by atoms with Crippen LogP contribution in [0.25, 0.3) is 0 Å². The monoisotopic (exact) mass is 345 g/mol. The van der Waals surface area contributed by atoms with Gasteiger partial charge in [-0.05, 0) is 37.8 Å². The first-order valence-electron chi connectivity index (χ1n) is 8.79. The maximum absolute atomic E-state index is 12.6. The van der Waals surface area contributed by atoms with Crippen LogP contribution in [0.5, 0.6) is 0 Å². The summed E-state index contributed by atoms with van der Waals surface area (Å²) in [5, 5.41) is 10.7. The van der Waals surface area contributed by atoms with Crippen molar-refractivity contribution >= 4 is 5.91 Å². The Hall–Kier alpha value is -2.44. The molecule has 2 aromatic heterocycles. The van der Waals surface area contributed by atoms with Crippen molar-refractivity contribution in [3.05, 3.63) is 45.9 Å². The van der Waals surface area contributed by atoms with Crippen molar-refractivity contribution in [1.82, 2.24) is 24.6 Å². The fourth-order valence-corrected chi connectivity index (χ4v) is 2.63. The lowest BCUT2D eigenvalue weighted by Crippen LogP contribution is -2.35. The Morgan fingerprint density at radius 2 is 2.08 bits per heavy atom. The number of hydrogen-bond acceptors (Lipinski definition) is 4. The zero-order chi connectivity index (χ0) is 18.4. The second kappa shape index (κ2) is 8.60. The van der Waals surface area contributed by atoms with E-state index in [-0.39, 0.29) is 17.0 Å². The van der Waals surface area contributed by atoms with Crippen molar-refractivity contribution < 1.29 is 4.79 Å². The van der Waals surface area contributed by atoms with E-state index < -0.39 is 0 Å². The number of aromatic nitrogens is 4. The Labute approximate surface area is 148 Å². The van der Waals surface area contributed by atoms with Gasteiger partial charge in [-0.15, -0.1) is 10.2 Å². The first-order chi connectivity index (χ1) is 11.9. The lowest BCUT2D eigenvalue weighted by Gasteiger charge is -2.12. The van der Waals surface area contributed by atoms with Crippen LogP contribution in [0.4, 0.5) is 0 Å². The highest BCUT2D eigenvalue weighted by molar-refractivity contribution is 5.95. The molecule has 0 spiro atoms. The van der Waals surface area contributed by atoms with Crippen molar-refractivity contribution in [2.24, 2.45) is 5.92 Å². The number of amides is 1. The summed E-state index contributed by atoms with van der Waals surface area (Å²) in [4.78, 5) is 25.1. The third-order valence-corrected chi connectivity index (χ3v) is 4.22. The van der Waals surface area contributed by atoms with Crippen molar-refractivity contribution in [2.75, 3.05) is 6.54 Å². The van der Waals surface area contributed by atoms with E-state index in [4.69, 9.17) is 0 Å². The van der Waals surface area contributed by atoms with Gasteiger partial charge in [0, 0.05) is 32.3 Å². The molecule has 7 nitrogen and oxygen atoms in total. The Kier molecular flexibility index (Phi) is 6.50. The van der Waals surface area contributed by atoms with E-state index in [0.29, 0.717) is 31.0 Å². The summed E-state index contributed by atoms with van der Waals surface area (Å²) in [6, 6.07) is 1.82. The lowest BCUT2D eigenvalue weighted by molar-refractivity contribution is 0.0951. The second-order valence-corrected chi connectivity index (χ2v) is 6.59. The van der Waals surface area contributed by atoms with Crippen molar-refractivity contribution in [3.8, 4) is 0 Å². The topological polar surface area (TPSA) is 81.8 Å². The van der Waals surface area contributed by atoms with Gasteiger partial charge in [-0.1, -0.05) is 13.8 Å². The molecule has 0 aliphatic rings. The van der Waals surface area contributed by atoms with Gasteiger partial charge in [0.2, 0.25) is 0 Å². The molecule has 1 N–H and O–H groups in total. The highest BCUT2D eigenvalue weighted by Crippen LogP contribution is 2.05. The summed E-state index contributed by atoms with van der Waals surface area (Å²) in [5.41, 5.74) is 0.693. The quantitative estimate of drug-likeness (QED) is 0.791. The van der Waals surface area contributed by atoms with E-state index in [0.717, 1.165) is 18.8 Å². The van der Waals surface area contributed by atoms with Crippen LogP contribution in [-0.4, -0.2) is 31.8 Å². The van der Waals surface area contributed by atoms with Crippen LogP contribution in [-0.2, 0) is 19.5 Å². The average Bonchev–Trinajstić information content (AvgIpc) is 3.01. The SMILES string of the molecule is CCn1cnnc1CCNC(=O)c1c(C)ccn(CCC(C)C)c1=O. The molecule has 25 heavy (non-hydrogen) atoms. The predicted octanol–water partition coefficient (Wildman–Crippen LogP) is 1.79. The van der Waals surface area contributed by atoms with Crippen molar-refractivity contribution in [2.45, 2.75) is 53.6 Å². The van der Waals surface area contributed by atoms with Gasteiger partial charge in [-0.2, -0.15) is 0 Å². The van der Waals surface area contributed by atoms with Gasteiger partial charge in [0.1, 0.15) is 17.7 Å². The Balaban J connectivity index is 2.05. The summed E-state index contributed by atoms with van der Waals surface area (Å²) >= 11 is 0. The minimum Gasteiger partial charge on any atom is -0.351 e. The van der Waals surface area contributed by atoms with Crippen LogP contribution in [0.15, 0.2) is 23.4 Å². The molecule has 0 saturated heterocycles. The van der Waals surface area contributed by atoms with E-state index >= 15 is 0 Å². The molecular formula is C18H27N5O2. The van der Waals surface area contributed by atoms with Gasteiger partial charge in [-0.3, -0.25) is 9.59 Å². The molecule has 0 aliphatic heterocycles. The van der Waals surface area contributed by atoms with Gasteiger partial charge < -0.3 is 14.5 Å². The van der Waals surface area contributed by atoms with Gasteiger partial charge in [-0.25, -0.2) is 0 Å². The van der Waals surface area contributed by atoms with Crippen LogP contribution >= 0.6 is 0 Å². The fraction of sp³-hybridized carbons (Fsp3) is 0.556. The highest BCUT2D eigenvalue weighted by atomic mass is 16.2. The zero-order valence-corrected chi connectivity index (χ0v) is 15.5. The van der Waals surface area contributed by atoms with E-state index in [2.05, 4.69) is 29.4 Å². The third kappa shape index (κ3) is 4.78. The van der Waals surface area contributed by atoms with E-state index in [1.165, 1.54) is 0 Å². The van der Waals surface area contributed by atoms with Gasteiger partial charge >= 0.3 is 0 Å². The Morgan fingerprint density at radius 3 is 2.76 bits per heavy atom. The number of hydrogen-bond donors (Lipinski definition) is 1. The first-order valence-corrected chi connectivity index (χ1v) is 8.79. The molecule has 0 aromatic carbocycles. The molecule has 0 saturated carbocycles. The standard InChI is InChI=1S/C18H27N5O2/c1-5-22-12-20-21-15(22)6-9-19-17(24)16-14(4)8-11-23(18(16)25)10-7-13(2)3/h8,11-13H,5-7,9-10H2,1-4H3,(H,19,24). The van der Waals surface area contributed by atoms with E-state index in [9.17, 15) is 9.59 Å². The number of carbonyl (C=O) groups is 1. The summed E-state index contributed by atoms with van der Waals surface area (Å²) < 4.78 is 3.55. The molecule has 2 aromatic rings. The highest BCUT2D eigenvalue weighted by Gasteiger charge is 2.16. The summed E-state index contributed by atoms with van der Waals surface area (Å²) in [5.74, 6) is 0.993. The smallest absolute Gasteiger partial charge is 0.263 e. The van der Waals surface area contributed by atoms with Crippen LogP contribution in [0, 0.1) is 12.8 Å². The molecule has 0 fully saturated rings. The van der Waals surface area contributed by atoms with E-state index in [1.54, 1.807) is 24.0 Å². The van der Waals surface area contributed by atoms with Crippen LogP contribution in [0.3, 0.4) is 0 Å². The van der Waals surface area contributed by atoms with Crippen LogP contribution in [0.2, 0.25) is 0 Å². The molecule has 0 atom stereocenters. The molecule has 136 valence electrons. The molecule has 2 heterocycles. The first kappa shape index (κ1) is 18.9. The Bertz CT molecular complexity index is 776. The number of nitrogens with one attached hydrogen (secondary N) is 1. The van der Waals surface area contributed by atoms with Crippen molar-refractivity contribution in [3.63, 3.8) is 0 Å². The molecule has 0 aliphatic carbocycles. The second-order valence-electron chi connectivity index (χ2n) is 6.59. The minimum absolute atomic E-state index is 0.225. The van der Waals surface area contributed by atoms with Crippen LogP contribution in [0.1, 0.15) is 48.9 Å². The number of pyridine rings is 1. The van der Waals surface area contributed by atoms with E-state index in [1.807, 2.05) is 17.6 Å². The summed E-state index contributed by atoms with van der Waals surface area (Å²) in [6.45, 7) is 9.85. The largest absolute Gasteiger partial charge is 0.351 e. The maximum atomic E-state index is 12.6. The lowest BCUT2D eigenvalue weighted by atomic mass is 10.1. The molecule has 0 unspecified atom stereocenters. The molecule has 2 rings (SSSR count). The fourth-order valence-electron chi connectivity index (χ4n) is 2.63. The number of nitrogens with zero attached hydrogens (tertiary/aromatic N) is 4. The predicted molar refractivity (Wildman–Crippen MR) is 96.6 cm³/mol. The molecule has 0 radical (unpaired) electrons. The molecular weight excluding hydrogens is 318 g/mol. The average molecular weight is 345 g/mol. The molecule has 1 amide bonds. The number of rotatable bonds is 8. The summed E-state index contributed by atoms with van der Waals surface area (Å²) in [6.07, 6.45) is 4.91. The zero-order valence-electron chi connectivity index (χ0n) is 15.5. The third-order valence-electron chi connectivity index (χ3n) is 4.22. The minimum atomic E-state index is -0.330. The number of aryl methyl sites for hydroxylation is 3. The normalized spacial score (nSPS) is 11.1. The van der Waals surface area contributed by atoms with Gasteiger partial charge in [0.25, 0.3) is 11.5 Å². The molecule has 7 heteroatoms.